The molecule has 2 aromatic rings. The normalized spacial score (nSPS) is 13.1. The van der Waals surface area contributed by atoms with Gasteiger partial charge in [0.1, 0.15) is 4.90 Å². The number of hydrogen-bond acceptors (Lipinski definition) is 6. The van der Waals surface area contributed by atoms with E-state index in [1.165, 1.54) is 12.3 Å². The fourth-order valence-electron chi connectivity index (χ4n) is 1.82. The summed E-state index contributed by atoms with van der Waals surface area (Å²) < 4.78 is 27.2. The van der Waals surface area contributed by atoms with Crippen LogP contribution in [0.4, 0.5) is 5.82 Å². The number of nitrogens with one attached hydrogen (secondary N) is 2. The van der Waals surface area contributed by atoms with Gasteiger partial charge in [-0.15, -0.1) is 11.3 Å². The molecular formula is C12H16N4O2S2. The summed E-state index contributed by atoms with van der Waals surface area (Å²) in [6.45, 7) is 1.82. The van der Waals surface area contributed by atoms with Crippen LogP contribution in [0.3, 0.4) is 0 Å². The number of sulfonamides is 1. The van der Waals surface area contributed by atoms with Crippen LogP contribution in [0.15, 0.2) is 40.7 Å². The standard InChI is InChI=1S/C12H16N4O2S2/c1-9(8-10-4-3-7-19-10)16-20(17,18)11-5-2-6-14-12(11)15-13/h2-7,9,16H,8,13H2,1H3,(H,14,15). The SMILES string of the molecule is CC(Cc1cccs1)NS(=O)(=O)c1cccnc1NN. The molecule has 0 aliphatic rings. The third-order valence-corrected chi connectivity index (χ3v) is 5.16. The largest absolute Gasteiger partial charge is 0.307 e. The fourth-order valence-corrected chi connectivity index (χ4v) is 4.02. The van der Waals surface area contributed by atoms with Gasteiger partial charge >= 0.3 is 0 Å². The van der Waals surface area contributed by atoms with Crippen molar-refractivity contribution in [2.75, 3.05) is 5.43 Å². The molecule has 0 aromatic carbocycles. The third-order valence-electron chi connectivity index (χ3n) is 2.64. The highest BCUT2D eigenvalue weighted by molar-refractivity contribution is 7.89. The number of hydrogen-bond donors (Lipinski definition) is 3. The molecule has 2 aromatic heterocycles. The zero-order valence-corrected chi connectivity index (χ0v) is 12.5. The van der Waals surface area contributed by atoms with Gasteiger partial charge in [0.2, 0.25) is 10.0 Å². The molecule has 2 heterocycles. The van der Waals surface area contributed by atoms with Crippen molar-refractivity contribution in [2.45, 2.75) is 24.3 Å². The molecule has 0 bridgehead atoms. The van der Waals surface area contributed by atoms with Gasteiger partial charge in [0.05, 0.1) is 0 Å². The van der Waals surface area contributed by atoms with Crippen molar-refractivity contribution in [2.24, 2.45) is 5.84 Å². The smallest absolute Gasteiger partial charge is 0.244 e. The average molecular weight is 312 g/mol. The van der Waals surface area contributed by atoms with Gasteiger partial charge in [-0.3, -0.25) is 0 Å². The van der Waals surface area contributed by atoms with Gasteiger partial charge in [-0.05, 0) is 36.9 Å². The lowest BCUT2D eigenvalue weighted by Gasteiger charge is -2.15. The zero-order chi connectivity index (χ0) is 14.6. The molecule has 0 saturated heterocycles. The second-order valence-electron chi connectivity index (χ2n) is 4.30. The molecular weight excluding hydrogens is 296 g/mol. The lowest BCUT2D eigenvalue weighted by Crippen LogP contribution is -2.34. The Morgan fingerprint density at radius 3 is 2.85 bits per heavy atom. The van der Waals surface area contributed by atoms with Crippen LogP contribution in [-0.4, -0.2) is 19.4 Å². The highest BCUT2D eigenvalue weighted by Crippen LogP contribution is 2.18. The molecule has 4 N–H and O–H groups in total. The van der Waals surface area contributed by atoms with Crippen LogP contribution < -0.4 is 16.0 Å². The second-order valence-corrected chi connectivity index (χ2v) is 7.01. The van der Waals surface area contributed by atoms with E-state index in [4.69, 9.17) is 5.84 Å². The molecule has 0 aliphatic heterocycles. The van der Waals surface area contributed by atoms with Crippen LogP contribution in [-0.2, 0) is 16.4 Å². The van der Waals surface area contributed by atoms with Crippen molar-refractivity contribution in [3.05, 3.63) is 40.7 Å². The Hall–Kier alpha value is -1.48. The van der Waals surface area contributed by atoms with Crippen LogP contribution in [0.2, 0.25) is 0 Å². The van der Waals surface area contributed by atoms with Crippen LogP contribution in [0.25, 0.3) is 0 Å². The minimum absolute atomic E-state index is 0.0422. The summed E-state index contributed by atoms with van der Waals surface area (Å²) in [6.07, 6.45) is 2.12. The number of hydrazine groups is 1. The van der Waals surface area contributed by atoms with Crippen molar-refractivity contribution in [1.29, 1.82) is 0 Å². The monoisotopic (exact) mass is 312 g/mol. The van der Waals surface area contributed by atoms with E-state index in [2.05, 4.69) is 15.1 Å². The minimum atomic E-state index is -3.66. The Morgan fingerprint density at radius 2 is 2.20 bits per heavy atom. The Balaban J connectivity index is 2.14. The number of rotatable bonds is 6. The molecule has 8 heteroatoms. The molecule has 108 valence electrons. The summed E-state index contributed by atoms with van der Waals surface area (Å²) in [7, 11) is -3.66. The molecule has 20 heavy (non-hydrogen) atoms. The summed E-state index contributed by atoms with van der Waals surface area (Å²) in [5.41, 5.74) is 2.29. The third kappa shape index (κ3) is 3.54. The summed E-state index contributed by atoms with van der Waals surface area (Å²) >= 11 is 1.60. The van der Waals surface area contributed by atoms with Crippen molar-refractivity contribution >= 4 is 27.2 Å². The first-order valence-corrected chi connectivity index (χ1v) is 8.35. The number of thiophene rings is 1. The molecule has 0 amide bonds. The molecule has 0 fully saturated rings. The van der Waals surface area contributed by atoms with E-state index in [1.807, 2.05) is 24.4 Å². The van der Waals surface area contributed by atoms with Gasteiger partial charge in [0.25, 0.3) is 0 Å². The highest BCUT2D eigenvalue weighted by Gasteiger charge is 2.21. The quantitative estimate of drug-likeness (QED) is 0.552. The van der Waals surface area contributed by atoms with Crippen molar-refractivity contribution in [3.8, 4) is 0 Å². The van der Waals surface area contributed by atoms with E-state index in [-0.39, 0.29) is 16.8 Å². The second kappa shape index (κ2) is 6.31. The van der Waals surface area contributed by atoms with Gasteiger partial charge in [-0.2, -0.15) is 0 Å². The number of anilines is 1. The van der Waals surface area contributed by atoms with E-state index >= 15 is 0 Å². The van der Waals surface area contributed by atoms with Crippen LogP contribution >= 0.6 is 11.3 Å². The van der Waals surface area contributed by atoms with Crippen molar-refractivity contribution < 1.29 is 8.42 Å². The van der Waals surface area contributed by atoms with Crippen LogP contribution in [0.1, 0.15) is 11.8 Å². The Labute approximate surface area is 122 Å². The molecule has 0 radical (unpaired) electrons. The Morgan fingerprint density at radius 1 is 1.40 bits per heavy atom. The summed E-state index contributed by atoms with van der Waals surface area (Å²) in [5, 5.41) is 1.97. The van der Waals surface area contributed by atoms with Crippen molar-refractivity contribution in [3.63, 3.8) is 0 Å². The summed E-state index contributed by atoms with van der Waals surface area (Å²) in [6, 6.07) is 6.72. The van der Waals surface area contributed by atoms with Gasteiger partial charge in [0.15, 0.2) is 5.82 Å². The van der Waals surface area contributed by atoms with E-state index in [0.717, 1.165) is 4.88 Å². The predicted octanol–water partition coefficient (Wildman–Crippen LogP) is 1.34. The lowest BCUT2D eigenvalue weighted by molar-refractivity contribution is 0.560. The van der Waals surface area contributed by atoms with Crippen LogP contribution in [0.5, 0.6) is 0 Å². The first-order valence-electron chi connectivity index (χ1n) is 5.99. The molecule has 0 aliphatic carbocycles. The molecule has 0 spiro atoms. The molecule has 2 rings (SSSR count). The molecule has 0 saturated carbocycles. The van der Waals surface area contributed by atoms with Gasteiger partial charge < -0.3 is 5.43 Å². The number of nitrogen functional groups attached to an aromatic ring is 1. The Bertz CT molecular complexity index is 656. The molecule has 1 unspecified atom stereocenters. The van der Waals surface area contributed by atoms with Gasteiger partial charge in [0, 0.05) is 17.1 Å². The van der Waals surface area contributed by atoms with Gasteiger partial charge in [-0.25, -0.2) is 24.0 Å². The van der Waals surface area contributed by atoms with Crippen LogP contribution in [0, 0.1) is 0 Å². The van der Waals surface area contributed by atoms with Crippen molar-refractivity contribution in [1.82, 2.24) is 9.71 Å². The van der Waals surface area contributed by atoms with E-state index in [0.29, 0.717) is 6.42 Å². The Kier molecular flexibility index (Phi) is 4.71. The summed E-state index contributed by atoms with van der Waals surface area (Å²) in [5.74, 6) is 5.41. The number of nitrogens with two attached hydrogens (primary N) is 1. The fraction of sp³-hybridized carbons (Fsp3) is 0.250. The maximum atomic E-state index is 12.3. The van der Waals surface area contributed by atoms with E-state index < -0.39 is 10.0 Å². The number of pyridine rings is 1. The topological polar surface area (TPSA) is 97.1 Å². The first-order chi connectivity index (χ1) is 9.53. The van der Waals surface area contributed by atoms with E-state index in [9.17, 15) is 8.42 Å². The number of nitrogens with zero attached hydrogens (tertiary/aromatic N) is 1. The minimum Gasteiger partial charge on any atom is -0.307 e. The summed E-state index contributed by atoms with van der Waals surface area (Å²) in [4.78, 5) is 5.06. The van der Waals surface area contributed by atoms with E-state index in [1.54, 1.807) is 17.4 Å². The first kappa shape index (κ1) is 14.9. The maximum Gasteiger partial charge on any atom is 0.244 e. The maximum absolute atomic E-state index is 12.3. The predicted molar refractivity (Wildman–Crippen MR) is 79.9 cm³/mol. The lowest BCUT2D eigenvalue weighted by atomic mass is 10.2. The molecule has 6 nitrogen and oxygen atoms in total. The molecule has 1 atom stereocenters. The van der Waals surface area contributed by atoms with Gasteiger partial charge in [-0.1, -0.05) is 6.07 Å². The zero-order valence-electron chi connectivity index (χ0n) is 10.9. The number of aromatic nitrogens is 1. The average Bonchev–Trinajstić information content (AvgIpc) is 2.90. The highest BCUT2D eigenvalue weighted by atomic mass is 32.2.